The molecule has 7 rings (SSSR count). The van der Waals surface area contributed by atoms with Crippen LogP contribution in [-0.2, 0) is 26.5 Å². The normalized spacial score (nSPS) is 11.5. The molecule has 4 nitrogen and oxygen atoms in total. The zero-order chi connectivity index (χ0) is 35.6. The van der Waals surface area contributed by atoms with Gasteiger partial charge in [0, 0.05) is 43.4 Å². The molecule has 7 aromatic rings. The number of hydrogen-bond acceptors (Lipinski definition) is 4. The van der Waals surface area contributed by atoms with Crippen LogP contribution in [-0.4, -0.2) is 23.0 Å². The Balaban J connectivity index is 0.000000211. The van der Waals surface area contributed by atoms with Gasteiger partial charge in [0.15, 0.2) is 0 Å². The molecular formula is C45H47IrN3OSi-2. The molecule has 0 N–H and O–H groups in total. The number of benzene rings is 3. The summed E-state index contributed by atoms with van der Waals surface area (Å²) in [6, 6.07) is 35.6. The standard InChI is InChI=1S/C27H23N2O.C18H24NSi.Ir/c1-16(2)19-13-14-28-24(15-19)22-10-6-9-20-21-11-12-23(29-27(21)30-26(20)22)25-17(3)7-5-8-18(25)4;1-14(2)11-16-12-17(15-9-7-6-8-10-15)19-13-18(16)20(3,4)5;/h5-9,11-16H,1-4H3;6-9,12-14H,11H2,1-5H3;/q2*-1;. The number of aryl methyl sites for hydroxylation is 2. The summed E-state index contributed by atoms with van der Waals surface area (Å²) in [5.41, 5.74) is 12.5. The summed E-state index contributed by atoms with van der Waals surface area (Å²) in [6.45, 7) is 20.3. The monoisotopic (exact) mass is 866 g/mol. The number of furan rings is 1. The van der Waals surface area contributed by atoms with Crippen molar-refractivity contribution < 1.29 is 24.5 Å². The van der Waals surface area contributed by atoms with Gasteiger partial charge in [-0.1, -0.05) is 99.7 Å². The predicted molar refractivity (Wildman–Crippen MR) is 213 cm³/mol. The predicted octanol–water partition coefficient (Wildman–Crippen LogP) is 11.5. The van der Waals surface area contributed by atoms with E-state index in [0.29, 0.717) is 17.5 Å². The minimum Gasteiger partial charge on any atom is -0.486 e. The number of pyridine rings is 3. The molecule has 0 amide bonds. The molecule has 51 heavy (non-hydrogen) atoms. The Hall–Kier alpha value is -4.22. The van der Waals surface area contributed by atoms with Crippen molar-refractivity contribution in [3.05, 3.63) is 132 Å². The van der Waals surface area contributed by atoms with E-state index in [0.717, 1.165) is 56.5 Å². The van der Waals surface area contributed by atoms with Crippen LogP contribution in [0, 0.1) is 31.9 Å². The molecule has 0 fully saturated rings. The van der Waals surface area contributed by atoms with Crippen LogP contribution < -0.4 is 5.19 Å². The molecule has 0 aliphatic heterocycles. The average molecular weight is 866 g/mol. The third-order valence-corrected chi connectivity index (χ3v) is 11.2. The van der Waals surface area contributed by atoms with Crippen LogP contribution >= 0.6 is 0 Å². The minimum absolute atomic E-state index is 0. The van der Waals surface area contributed by atoms with Gasteiger partial charge < -0.3 is 14.4 Å². The maximum absolute atomic E-state index is 6.30. The largest absolute Gasteiger partial charge is 0.486 e. The SMILES string of the molecule is CC(C)Cc1cc(-c2[c-]cccc2)ncc1[Si](C)(C)C.Cc1cccc(C)c1-c1ccc2c(n1)oc1c(-c3cc(C(C)C)ccn3)[c-]ccc12.[Ir]. The van der Waals surface area contributed by atoms with E-state index in [2.05, 4.69) is 144 Å². The van der Waals surface area contributed by atoms with Gasteiger partial charge >= 0.3 is 0 Å². The Bertz CT molecular complexity index is 2250. The topological polar surface area (TPSA) is 51.8 Å². The second-order valence-corrected chi connectivity index (χ2v) is 20.0. The molecule has 0 bridgehead atoms. The third-order valence-electron chi connectivity index (χ3n) is 9.15. The minimum atomic E-state index is -1.34. The first-order valence-electron chi connectivity index (χ1n) is 17.6. The Morgan fingerprint density at radius 2 is 1.51 bits per heavy atom. The van der Waals surface area contributed by atoms with Crippen LogP contribution in [0.15, 0.2) is 102 Å². The fourth-order valence-corrected chi connectivity index (χ4v) is 8.18. The molecule has 0 aliphatic rings. The van der Waals surface area contributed by atoms with Gasteiger partial charge in [-0.2, -0.15) is 0 Å². The van der Waals surface area contributed by atoms with Crippen molar-refractivity contribution in [2.75, 3.05) is 0 Å². The van der Waals surface area contributed by atoms with E-state index in [1.807, 2.05) is 36.5 Å². The van der Waals surface area contributed by atoms with Crippen molar-refractivity contribution in [1.29, 1.82) is 0 Å². The molecule has 0 unspecified atom stereocenters. The average Bonchev–Trinajstić information content (AvgIpc) is 3.46. The van der Waals surface area contributed by atoms with E-state index >= 15 is 0 Å². The van der Waals surface area contributed by atoms with Gasteiger partial charge in [0.1, 0.15) is 0 Å². The number of fused-ring (bicyclic) bond motifs is 3. The first-order valence-corrected chi connectivity index (χ1v) is 21.1. The molecule has 4 aromatic heterocycles. The van der Waals surface area contributed by atoms with Gasteiger partial charge in [-0.05, 0) is 78.0 Å². The zero-order valence-corrected chi connectivity index (χ0v) is 34.6. The Kier molecular flexibility index (Phi) is 11.9. The molecule has 3 aromatic carbocycles. The molecule has 0 spiro atoms. The van der Waals surface area contributed by atoms with Gasteiger partial charge in [-0.25, -0.2) is 4.98 Å². The van der Waals surface area contributed by atoms with Gasteiger partial charge in [0.2, 0.25) is 5.71 Å². The van der Waals surface area contributed by atoms with Crippen LogP contribution in [0.5, 0.6) is 0 Å². The zero-order valence-electron chi connectivity index (χ0n) is 31.2. The van der Waals surface area contributed by atoms with E-state index in [1.165, 1.54) is 27.4 Å². The summed E-state index contributed by atoms with van der Waals surface area (Å²) < 4.78 is 6.30. The van der Waals surface area contributed by atoms with Crippen molar-refractivity contribution in [2.45, 2.75) is 73.5 Å². The van der Waals surface area contributed by atoms with Gasteiger partial charge in [-0.15, -0.1) is 54.1 Å². The van der Waals surface area contributed by atoms with Crippen molar-refractivity contribution in [1.82, 2.24) is 15.0 Å². The van der Waals surface area contributed by atoms with Crippen LogP contribution in [0.3, 0.4) is 0 Å². The fourth-order valence-electron chi connectivity index (χ4n) is 6.59. The third kappa shape index (κ3) is 8.47. The number of nitrogens with zero attached hydrogens (tertiary/aromatic N) is 3. The maximum atomic E-state index is 6.30. The van der Waals surface area contributed by atoms with Gasteiger partial charge in [-0.3, -0.25) is 0 Å². The Morgan fingerprint density at radius 1 is 0.745 bits per heavy atom. The first kappa shape index (κ1) is 38.0. The first-order chi connectivity index (χ1) is 23.9. The van der Waals surface area contributed by atoms with E-state index in [9.17, 15) is 0 Å². The number of rotatable bonds is 7. The molecule has 263 valence electrons. The molecular weight excluding hydrogens is 819 g/mol. The van der Waals surface area contributed by atoms with Crippen LogP contribution in [0.2, 0.25) is 19.6 Å². The van der Waals surface area contributed by atoms with Crippen molar-refractivity contribution in [3.8, 4) is 33.8 Å². The van der Waals surface area contributed by atoms with E-state index in [4.69, 9.17) is 9.40 Å². The van der Waals surface area contributed by atoms with Crippen molar-refractivity contribution in [3.63, 3.8) is 0 Å². The number of aromatic nitrogens is 3. The van der Waals surface area contributed by atoms with E-state index in [1.54, 1.807) is 0 Å². The summed E-state index contributed by atoms with van der Waals surface area (Å²) in [5, 5.41) is 3.54. The summed E-state index contributed by atoms with van der Waals surface area (Å²) in [7, 11) is -1.34. The molecule has 0 atom stereocenters. The molecule has 4 heterocycles. The Morgan fingerprint density at radius 3 is 2.18 bits per heavy atom. The molecule has 1 radical (unpaired) electrons. The smallest absolute Gasteiger partial charge is 0.216 e. The van der Waals surface area contributed by atoms with E-state index in [-0.39, 0.29) is 20.1 Å². The summed E-state index contributed by atoms with van der Waals surface area (Å²) in [4.78, 5) is 14.2. The number of hydrogen-bond donors (Lipinski definition) is 0. The van der Waals surface area contributed by atoms with Crippen LogP contribution in [0.25, 0.3) is 55.8 Å². The second-order valence-electron chi connectivity index (χ2n) is 15.0. The summed E-state index contributed by atoms with van der Waals surface area (Å²) >= 11 is 0. The van der Waals surface area contributed by atoms with Crippen LogP contribution in [0.1, 0.15) is 55.9 Å². The molecule has 6 heteroatoms. The van der Waals surface area contributed by atoms with E-state index < -0.39 is 8.07 Å². The molecule has 0 aliphatic carbocycles. The molecule has 0 saturated carbocycles. The Labute approximate surface area is 318 Å². The quantitative estimate of drug-likeness (QED) is 0.118. The van der Waals surface area contributed by atoms with Crippen LogP contribution in [0.4, 0.5) is 0 Å². The fraction of sp³-hybridized carbons (Fsp3) is 0.267. The van der Waals surface area contributed by atoms with Crippen molar-refractivity contribution >= 4 is 35.3 Å². The van der Waals surface area contributed by atoms with Gasteiger partial charge in [0.05, 0.1) is 19.4 Å². The molecule has 0 saturated heterocycles. The summed E-state index contributed by atoms with van der Waals surface area (Å²) in [5.74, 6) is 1.10. The summed E-state index contributed by atoms with van der Waals surface area (Å²) in [6.07, 6.45) is 5.10. The van der Waals surface area contributed by atoms with Gasteiger partial charge in [0.25, 0.3) is 0 Å². The second kappa shape index (κ2) is 16.0. The van der Waals surface area contributed by atoms with Crippen molar-refractivity contribution in [2.24, 2.45) is 5.92 Å². The maximum Gasteiger partial charge on any atom is 0.216 e.